The number of likely N-dealkylation sites (N-methyl/N-ethyl adjacent to an activating group) is 1. The maximum atomic E-state index is 11.1. The van der Waals surface area contributed by atoms with E-state index in [2.05, 4.69) is 9.72 Å². The number of methoxy groups -OCH3 is 1. The number of carbonyl (C=O) groups is 1. The maximum Gasteiger partial charge on any atom is 0.325 e. The highest BCUT2D eigenvalue weighted by Gasteiger charge is 2.20. The number of aromatic nitrogens is 1. The molecule has 7 nitrogen and oxygen atoms in total. The van der Waals surface area contributed by atoms with E-state index in [0.29, 0.717) is 5.56 Å². The van der Waals surface area contributed by atoms with Crippen molar-refractivity contribution in [1.82, 2.24) is 4.98 Å². The summed E-state index contributed by atoms with van der Waals surface area (Å²) in [5.74, 6) is -0.338. The first-order valence-electron chi connectivity index (χ1n) is 4.84. The van der Waals surface area contributed by atoms with Gasteiger partial charge in [-0.05, 0) is 12.5 Å². The van der Waals surface area contributed by atoms with Crippen molar-refractivity contribution >= 4 is 17.5 Å². The lowest BCUT2D eigenvalue weighted by Gasteiger charge is -2.16. The fraction of sp³-hybridized carbons (Fsp3) is 0.400. The molecule has 0 radical (unpaired) electrons. The Balaban J connectivity index is 3.04. The highest BCUT2D eigenvalue weighted by Crippen LogP contribution is 2.25. The Kier molecular flexibility index (Phi) is 3.97. The van der Waals surface area contributed by atoms with E-state index in [1.807, 2.05) is 0 Å². The first kappa shape index (κ1) is 12.9. The van der Waals surface area contributed by atoms with Crippen LogP contribution in [0.15, 0.2) is 12.3 Å². The van der Waals surface area contributed by atoms with E-state index in [1.165, 1.54) is 24.3 Å². The number of aryl methyl sites for hydroxylation is 1. The smallest absolute Gasteiger partial charge is 0.325 e. The molecule has 0 saturated carbocycles. The second-order valence-electron chi connectivity index (χ2n) is 3.54. The SMILES string of the molecule is COC(=O)CN(C)c1ncc(C)cc1[N+](=O)[O-]. The largest absolute Gasteiger partial charge is 0.468 e. The van der Waals surface area contributed by atoms with Gasteiger partial charge in [0, 0.05) is 19.3 Å². The highest BCUT2D eigenvalue weighted by atomic mass is 16.6. The van der Waals surface area contributed by atoms with Crippen LogP contribution in [0.1, 0.15) is 5.56 Å². The van der Waals surface area contributed by atoms with Gasteiger partial charge < -0.3 is 9.64 Å². The molecule has 0 bridgehead atoms. The minimum absolute atomic E-state index is 0.0899. The molecule has 0 saturated heterocycles. The minimum atomic E-state index is -0.525. The molecule has 1 aromatic heterocycles. The van der Waals surface area contributed by atoms with Crippen molar-refractivity contribution in [3.63, 3.8) is 0 Å². The van der Waals surface area contributed by atoms with Gasteiger partial charge in [-0.15, -0.1) is 0 Å². The summed E-state index contributed by atoms with van der Waals surface area (Å²) in [6, 6.07) is 1.41. The van der Waals surface area contributed by atoms with E-state index in [4.69, 9.17) is 0 Å². The van der Waals surface area contributed by atoms with Gasteiger partial charge in [0.1, 0.15) is 6.54 Å². The van der Waals surface area contributed by atoms with Gasteiger partial charge in [-0.3, -0.25) is 14.9 Å². The molecule has 0 amide bonds. The first-order chi connectivity index (χ1) is 7.95. The molecule has 0 unspecified atom stereocenters. The first-order valence-corrected chi connectivity index (χ1v) is 4.84. The Morgan fingerprint density at radius 1 is 1.65 bits per heavy atom. The number of nitro groups is 1. The predicted octanol–water partition coefficient (Wildman–Crippen LogP) is 0.907. The molecule has 1 aromatic rings. The maximum absolute atomic E-state index is 11.1. The van der Waals surface area contributed by atoms with E-state index >= 15 is 0 Å². The Morgan fingerprint density at radius 3 is 2.82 bits per heavy atom. The Labute approximate surface area is 98.2 Å². The molecule has 0 aliphatic rings. The summed E-state index contributed by atoms with van der Waals surface area (Å²) in [5.41, 5.74) is 0.559. The lowest BCUT2D eigenvalue weighted by Crippen LogP contribution is -2.27. The van der Waals surface area contributed by atoms with Crippen molar-refractivity contribution in [3.8, 4) is 0 Å². The molecule has 0 aromatic carbocycles. The van der Waals surface area contributed by atoms with Crippen LogP contribution >= 0.6 is 0 Å². The number of anilines is 1. The predicted molar refractivity (Wildman–Crippen MR) is 60.9 cm³/mol. The van der Waals surface area contributed by atoms with Crippen LogP contribution in [0.5, 0.6) is 0 Å². The average Bonchev–Trinajstić information content (AvgIpc) is 2.28. The Morgan fingerprint density at radius 2 is 2.29 bits per heavy atom. The quantitative estimate of drug-likeness (QED) is 0.441. The van der Waals surface area contributed by atoms with E-state index in [9.17, 15) is 14.9 Å². The summed E-state index contributed by atoms with van der Waals surface area (Å²) in [6.07, 6.45) is 1.51. The molecule has 1 heterocycles. The fourth-order valence-electron chi connectivity index (χ4n) is 1.31. The van der Waals surface area contributed by atoms with Crippen LogP contribution in [0.2, 0.25) is 0 Å². The number of hydrogen-bond acceptors (Lipinski definition) is 6. The minimum Gasteiger partial charge on any atom is -0.468 e. The molecule has 7 heteroatoms. The third kappa shape index (κ3) is 3.13. The van der Waals surface area contributed by atoms with Crippen LogP contribution in [-0.4, -0.2) is 36.6 Å². The molecule has 0 N–H and O–H groups in total. The molecule has 1 rings (SSSR count). The van der Waals surface area contributed by atoms with Gasteiger partial charge in [-0.1, -0.05) is 0 Å². The molecule has 0 spiro atoms. The van der Waals surface area contributed by atoms with Gasteiger partial charge in [0.05, 0.1) is 12.0 Å². The van der Waals surface area contributed by atoms with Crippen LogP contribution in [0, 0.1) is 17.0 Å². The van der Waals surface area contributed by atoms with Crippen molar-refractivity contribution < 1.29 is 14.5 Å². The van der Waals surface area contributed by atoms with Crippen molar-refractivity contribution in [3.05, 3.63) is 27.9 Å². The van der Waals surface area contributed by atoms with Gasteiger partial charge in [0.2, 0.25) is 5.82 Å². The third-order valence-corrected chi connectivity index (χ3v) is 2.14. The summed E-state index contributed by atoms with van der Waals surface area (Å²) in [5, 5.41) is 10.9. The van der Waals surface area contributed by atoms with Crippen molar-refractivity contribution in [2.24, 2.45) is 0 Å². The average molecular weight is 239 g/mol. The number of esters is 1. The lowest BCUT2D eigenvalue weighted by atomic mass is 10.2. The highest BCUT2D eigenvalue weighted by molar-refractivity contribution is 5.76. The molecule has 92 valence electrons. The van der Waals surface area contributed by atoms with Gasteiger partial charge in [-0.25, -0.2) is 4.98 Å². The number of carbonyl (C=O) groups excluding carboxylic acids is 1. The fourth-order valence-corrected chi connectivity index (χ4v) is 1.31. The standard InChI is InChI=1S/C10H13N3O4/c1-7-4-8(13(15)16)10(11-5-7)12(2)6-9(14)17-3/h4-5H,6H2,1-3H3. The van der Waals surface area contributed by atoms with Crippen LogP contribution in [0.4, 0.5) is 11.5 Å². The normalized spacial score (nSPS) is 9.82. The second-order valence-corrected chi connectivity index (χ2v) is 3.54. The van der Waals surface area contributed by atoms with E-state index in [-0.39, 0.29) is 18.1 Å². The summed E-state index contributed by atoms with van der Waals surface area (Å²) < 4.78 is 4.49. The number of pyridine rings is 1. The number of ether oxygens (including phenoxy) is 1. The monoisotopic (exact) mass is 239 g/mol. The number of hydrogen-bond donors (Lipinski definition) is 0. The number of nitrogens with zero attached hydrogens (tertiary/aromatic N) is 3. The summed E-state index contributed by atoms with van der Waals surface area (Å²) in [6.45, 7) is 1.62. The molecule has 0 aliphatic heterocycles. The summed E-state index contributed by atoms with van der Waals surface area (Å²) >= 11 is 0. The van der Waals surface area contributed by atoms with Gasteiger partial charge >= 0.3 is 11.7 Å². The van der Waals surface area contributed by atoms with Crippen molar-refractivity contribution in [1.29, 1.82) is 0 Å². The zero-order valence-electron chi connectivity index (χ0n) is 9.84. The van der Waals surface area contributed by atoms with Gasteiger partial charge in [0.25, 0.3) is 0 Å². The molecule has 0 aliphatic carbocycles. The van der Waals surface area contributed by atoms with E-state index < -0.39 is 10.9 Å². The lowest BCUT2D eigenvalue weighted by molar-refractivity contribution is -0.384. The second kappa shape index (κ2) is 5.24. The topological polar surface area (TPSA) is 85.6 Å². The van der Waals surface area contributed by atoms with Gasteiger partial charge in [-0.2, -0.15) is 0 Å². The van der Waals surface area contributed by atoms with Crippen LogP contribution < -0.4 is 4.90 Å². The molecule has 17 heavy (non-hydrogen) atoms. The molecular weight excluding hydrogens is 226 g/mol. The van der Waals surface area contributed by atoms with E-state index in [0.717, 1.165) is 0 Å². The molecular formula is C10H13N3O4. The Hall–Kier alpha value is -2.18. The van der Waals surface area contributed by atoms with Crippen LogP contribution in [-0.2, 0) is 9.53 Å². The van der Waals surface area contributed by atoms with E-state index in [1.54, 1.807) is 14.0 Å². The van der Waals surface area contributed by atoms with Crippen molar-refractivity contribution in [2.75, 3.05) is 25.6 Å². The van der Waals surface area contributed by atoms with Gasteiger partial charge in [0.15, 0.2) is 0 Å². The van der Waals surface area contributed by atoms with Crippen LogP contribution in [0.25, 0.3) is 0 Å². The zero-order chi connectivity index (χ0) is 13.0. The zero-order valence-corrected chi connectivity index (χ0v) is 9.84. The summed E-state index contributed by atoms with van der Waals surface area (Å²) in [4.78, 5) is 26.8. The molecule has 0 fully saturated rings. The molecule has 0 atom stereocenters. The van der Waals surface area contributed by atoms with Crippen molar-refractivity contribution in [2.45, 2.75) is 6.92 Å². The van der Waals surface area contributed by atoms with Crippen LogP contribution in [0.3, 0.4) is 0 Å². The third-order valence-electron chi connectivity index (χ3n) is 2.14. The Bertz CT molecular complexity index is 447. The summed E-state index contributed by atoms with van der Waals surface area (Å²) in [7, 11) is 2.80. The number of rotatable bonds is 4.